The maximum absolute atomic E-state index is 13.3. The molecule has 4 aliphatic carbocycles. The van der Waals surface area contributed by atoms with Gasteiger partial charge in [-0.05, 0) is 74.6 Å². The number of pyridine rings is 2. The summed E-state index contributed by atoms with van der Waals surface area (Å²) in [6, 6.07) is 10.7. The third kappa shape index (κ3) is 5.13. The third-order valence-electron chi connectivity index (χ3n) is 7.50. The Balaban J connectivity index is 1.27. The van der Waals surface area contributed by atoms with Crippen LogP contribution in [0.4, 0.5) is 5.82 Å². The topological polar surface area (TPSA) is 125 Å². The quantitative estimate of drug-likeness (QED) is 0.433. The molecule has 184 valence electrons. The fraction of sp³-hybridized carbons (Fsp3) is 0.500. The number of amides is 3. The summed E-state index contributed by atoms with van der Waals surface area (Å²) in [5, 5.41) is 12.5. The molecule has 4 N–H and O–H groups in total. The Morgan fingerprint density at radius 1 is 0.886 bits per heavy atom. The maximum atomic E-state index is 13.3. The monoisotopic (exact) mass is 476 g/mol. The minimum absolute atomic E-state index is 0.0857. The van der Waals surface area contributed by atoms with Crippen LogP contribution in [0.1, 0.15) is 66.4 Å². The number of aromatic nitrogens is 2. The highest BCUT2D eigenvalue weighted by Crippen LogP contribution is 2.57. The van der Waals surface area contributed by atoms with Crippen molar-refractivity contribution in [2.24, 2.45) is 11.8 Å². The zero-order chi connectivity index (χ0) is 24.5. The van der Waals surface area contributed by atoms with Crippen molar-refractivity contribution in [2.45, 2.75) is 56.5 Å². The van der Waals surface area contributed by atoms with E-state index in [2.05, 4.69) is 31.2 Å². The number of hydrogen-bond acceptors (Lipinski definition) is 6. The molecule has 4 fully saturated rings. The predicted octanol–water partition coefficient (Wildman–Crippen LogP) is 2.28. The maximum Gasteiger partial charge on any atom is 0.270 e. The van der Waals surface area contributed by atoms with Gasteiger partial charge in [0.1, 0.15) is 17.2 Å². The zero-order valence-corrected chi connectivity index (χ0v) is 20.0. The van der Waals surface area contributed by atoms with Crippen molar-refractivity contribution >= 4 is 23.5 Å². The molecular weight excluding hydrogens is 444 g/mol. The second kappa shape index (κ2) is 9.28. The predicted molar refractivity (Wildman–Crippen MR) is 131 cm³/mol. The van der Waals surface area contributed by atoms with Gasteiger partial charge in [0.15, 0.2) is 0 Å². The van der Waals surface area contributed by atoms with Crippen molar-refractivity contribution in [1.82, 2.24) is 25.9 Å². The van der Waals surface area contributed by atoms with Gasteiger partial charge in [-0.25, -0.2) is 4.98 Å². The second-order valence-electron chi connectivity index (χ2n) is 10.5. The number of rotatable bonds is 8. The molecule has 0 spiro atoms. The van der Waals surface area contributed by atoms with E-state index >= 15 is 0 Å². The minimum Gasteiger partial charge on any atom is -0.368 e. The van der Waals surface area contributed by atoms with E-state index in [9.17, 15) is 14.4 Å². The van der Waals surface area contributed by atoms with Gasteiger partial charge < -0.3 is 21.3 Å². The summed E-state index contributed by atoms with van der Waals surface area (Å²) in [5.41, 5.74) is 0.131. The molecule has 9 nitrogen and oxygen atoms in total. The number of nitrogens with one attached hydrogen (secondary N) is 4. The third-order valence-corrected chi connectivity index (χ3v) is 7.50. The molecule has 4 bridgehead atoms. The van der Waals surface area contributed by atoms with Crippen LogP contribution in [0.5, 0.6) is 0 Å². The lowest BCUT2D eigenvalue weighted by atomic mass is 9.49. The van der Waals surface area contributed by atoms with Crippen molar-refractivity contribution < 1.29 is 14.4 Å². The van der Waals surface area contributed by atoms with Gasteiger partial charge in [-0.3, -0.25) is 19.4 Å². The first-order chi connectivity index (χ1) is 16.8. The van der Waals surface area contributed by atoms with Crippen LogP contribution >= 0.6 is 0 Å². The van der Waals surface area contributed by atoms with E-state index in [1.165, 1.54) is 6.92 Å². The number of nitrogens with zero attached hydrogens (tertiary/aromatic N) is 2. The molecule has 4 aliphatic rings. The largest absolute Gasteiger partial charge is 0.368 e. The SMILES string of the molecule is CC(=O)NCCNc1cccc(C(=O)NC23CC4CC(CC(NC(=O)c5ccccn5)(C4)C2)C3)n1. The molecule has 0 saturated heterocycles. The van der Waals surface area contributed by atoms with Crippen molar-refractivity contribution in [2.75, 3.05) is 18.4 Å². The standard InChI is InChI=1S/C26H32N6O3/c1-17(33)27-9-10-29-22-7-4-6-21(30-22)24(35)32-26-14-18-11-19(15-26)13-25(12-18,16-26)31-23(34)20-5-2-3-8-28-20/h2-8,18-19H,9-16H2,1H3,(H,27,33)(H,29,30)(H,31,34)(H,32,35). The van der Waals surface area contributed by atoms with Crippen LogP contribution in [0.25, 0.3) is 0 Å². The normalized spacial score (nSPS) is 28.3. The minimum atomic E-state index is -0.338. The Labute approximate surface area is 204 Å². The molecule has 2 heterocycles. The van der Waals surface area contributed by atoms with Gasteiger partial charge in [0.2, 0.25) is 5.91 Å². The van der Waals surface area contributed by atoms with E-state index in [0.717, 1.165) is 38.5 Å². The fourth-order valence-corrected chi connectivity index (χ4v) is 6.75. The van der Waals surface area contributed by atoms with Crippen LogP contribution in [-0.2, 0) is 4.79 Å². The molecule has 2 aromatic rings. The zero-order valence-electron chi connectivity index (χ0n) is 20.0. The summed E-state index contributed by atoms with van der Waals surface area (Å²) in [6.07, 6.45) is 7.29. The van der Waals surface area contributed by atoms with Crippen molar-refractivity contribution in [3.8, 4) is 0 Å². The number of carbonyl (C=O) groups is 3. The molecular formula is C26H32N6O3. The molecule has 9 heteroatoms. The Morgan fingerprint density at radius 3 is 2.17 bits per heavy atom. The van der Waals surface area contributed by atoms with E-state index in [-0.39, 0.29) is 28.8 Å². The lowest BCUT2D eigenvalue weighted by Gasteiger charge is -2.62. The van der Waals surface area contributed by atoms with Gasteiger partial charge in [0.05, 0.1) is 0 Å². The Bertz CT molecular complexity index is 1110. The van der Waals surface area contributed by atoms with Gasteiger partial charge in [0.25, 0.3) is 11.8 Å². The Hall–Kier alpha value is -3.49. The number of carbonyl (C=O) groups excluding carboxylic acids is 3. The lowest BCUT2D eigenvalue weighted by Crippen LogP contribution is -2.69. The Morgan fingerprint density at radius 2 is 1.54 bits per heavy atom. The highest BCUT2D eigenvalue weighted by Gasteiger charge is 2.58. The van der Waals surface area contributed by atoms with Gasteiger partial charge in [-0.2, -0.15) is 0 Å². The van der Waals surface area contributed by atoms with E-state index in [4.69, 9.17) is 0 Å². The second-order valence-corrected chi connectivity index (χ2v) is 10.5. The first-order valence-electron chi connectivity index (χ1n) is 12.4. The Kier molecular flexibility index (Phi) is 6.17. The van der Waals surface area contributed by atoms with E-state index in [1.807, 2.05) is 6.07 Å². The first kappa shape index (κ1) is 23.3. The first-order valence-corrected chi connectivity index (χ1v) is 12.4. The van der Waals surface area contributed by atoms with Crippen LogP contribution in [0.3, 0.4) is 0 Å². The highest BCUT2D eigenvalue weighted by atomic mass is 16.2. The van der Waals surface area contributed by atoms with Gasteiger partial charge in [-0.15, -0.1) is 0 Å². The summed E-state index contributed by atoms with van der Waals surface area (Å²) < 4.78 is 0. The van der Waals surface area contributed by atoms with Crippen molar-refractivity contribution in [3.05, 3.63) is 54.0 Å². The molecule has 0 aliphatic heterocycles. The molecule has 0 aromatic carbocycles. The smallest absolute Gasteiger partial charge is 0.270 e. The molecule has 0 radical (unpaired) electrons. The van der Waals surface area contributed by atoms with E-state index in [1.54, 1.807) is 36.5 Å². The van der Waals surface area contributed by atoms with Crippen molar-refractivity contribution in [1.29, 1.82) is 0 Å². The summed E-state index contributed by atoms with van der Waals surface area (Å²) in [5.74, 6) is 1.13. The van der Waals surface area contributed by atoms with Crippen LogP contribution in [-0.4, -0.2) is 51.9 Å². The van der Waals surface area contributed by atoms with Crippen LogP contribution < -0.4 is 21.3 Å². The summed E-state index contributed by atoms with van der Waals surface area (Å²) in [4.78, 5) is 46.0. The summed E-state index contributed by atoms with van der Waals surface area (Å²) in [6.45, 7) is 2.47. The van der Waals surface area contributed by atoms with Gasteiger partial charge >= 0.3 is 0 Å². The summed E-state index contributed by atoms with van der Waals surface area (Å²) in [7, 11) is 0. The molecule has 2 unspecified atom stereocenters. The average Bonchev–Trinajstić information content (AvgIpc) is 2.81. The molecule has 35 heavy (non-hydrogen) atoms. The van der Waals surface area contributed by atoms with E-state index < -0.39 is 0 Å². The van der Waals surface area contributed by atoms with Gasteiger partial charge in [0, 0.05) is 37.3 Å². The fourth-order valence-electron chi connectivity index (χ4n) is 6.75. The average molecular weight is 477 g/mol. The van der Waals surface area contributed by atoms with Crippen molar-refractivity contribution in [3.63, 3.8) is 0 Å². The molecule has 2 aromatic heterocycles. The van der Waals surface area contributed by atoms with E-state index in [0.29, 0.717) is 42.1 Å². The number of hydrogen-bond donors (Lipinski definition) is 4. The molecule has 3 amide bonds. The van der Waals surface area contributed by atoms with Crippen LogP contribution in [0.2, 0.25) is 0 Å². The van der Waals surface area contributed by atoms with Crippen LogP contribution in [0, 0.1) is 11.8 Å². The lowest BCUT2D eigenvalue weighted by molar-refractivity contribution is -0.118. The summed E-state index contributed by atoms with van der Waals surface area (Å²) >= 11 is 0. The molecule has 6 rings (SSSR count). The number of anilines is 1. The molecule has 4 saturated carbocycles. The molecule has 2 atom stereocenters. The highest BCUT2D eigenvalue weighted by molar-refractivity contribution is 5.94. The van der Waals surface area contributed by atoms with Crippen LogP contribution in [0.15, 0.2) is 42.6 Å². The van der Waals surface area contributed by atoms with Gasteiger partial charge in [-0.1, -0.05) is 12.1 Å².